The van der Waals surface area contributed by atoms with Crippen LogP contribution in [0.5, 0.6) is 0 Å². The summed E-state index contributed by atoms with van der Waals surface area (Å²) in [7, 11) is 0. The quantitative estimate of drug-likeness (QED) is 0.212. The van der Waals surface area contributed by atoms with Gasteiger partial charge >= 0.3 is 0 Å². The molecule has 5 heteroatoms. The topological polar surface area (TPSA) is 79.9 Å². The summed E-state index contributed by atoms with van der Waals surface area (Å²) in [5.74, 6) is 0.813. The fourth-order valence-electron chi connectivity index (χ4n) is 1.70. The van der Waals surface area contributed by atoms with Crippen LogP contribution in [-0.4, -0.2) is 30.8 Å². The number of nitrogens with one attached hydrogen (secondary N) is 1. The highest BCUT2D eigenvalue weighted by molar-refractivity contribution is 5.97. The lowest BCUT2D eigenvalue weighted by molar-refractivity contribution is 0.125. The average molecular weight is 279 g/mol. The van der Waals surface area contributed by atoms with Gasteiger partial charge in [0.1, 0.15) is 0 Å². The number of oxime groups is 1. The largest absolute Gasteiger partial charge is 0.409 e. The predicted molar refractivity (Wildman–Crippen MR) is 80.9 cm³/mol. The van der Waals surface area contributed by atoms with Gasteiger partial charge in [-0.15, -0.1) is 0 Å². The molecule has 0 saturated carbocycles. The Labute approximate surface area is 120 Å². The van der Waals surface area contributed by atoms with Gasteiger partial charge < -0.3 is 21.0 Å². The summed E-state index contributed by atoms with van der Waals surface area (Å²) < 4.78 is 5.53. The number of rotatable bonds is 9. The number of hydrogen-bond donors (Lipinski definition) is 3. The van der Waals surface area contributed by atoms with E-state index in [1.165, 1.54) is 0 Å². The lowest BCUT2D eigenvalue weighted by Gasteiger charge is -2.08. The van der Waals surface area contributed by atoms with Crippen molar-refractivity contribution in [1.82, 2.24) is 5.32 Å². The lowest BCUT2D eigenvalue weighted by Crippen LogP contribution is -2.20. The normalized spacial score (nSPS) is 12.1. The molecule has 0 aromatic heterocycles. The van der Waals surface area contributed by atoms with Gasteiger partial charge in [0, 0.05) is 25.3 Å². The molecule has 0 amide bonds. The van der Waals surface area contributed by atoms with E-state index in [9.17, 15) is 0 Å². The number of hydrogen-bond acceptors (Lipinski definition) is 4. The van der Waals surface area contributed by atoms with Crippen LogP contribution in [0.25, 0.3) is 0 Å². The molecular formula is C15H25N3O2. The molecule has 0 saturated heterocycles. The molecule has 0 unspecified atom stereocenters. The zero-order valence-corrected chi connectivity index (χ0v) is 12.3. The molecular weight excluding hydrogens is 254 g/mol. The van der Waals surface area contributed by atoms with Crippen LogP contribution in [-0.2, 0) is 11.3 Å². The molecule has 4 N–H and O–H groups in total. The summed E-state index contributed by atoms with van der Waals surface area (Å²) in [5.41, 5.74) is 7.37. The van der Waals surface area contributed by atoms with Gasteiger partial charge in [0.15, 0.2) is 5.84 Å². The molecule has 112 valence electrons. The first-order valence-electron chi connectivity index (χ1n) is 6.98. The zero-order chi connectivity index (χ0) is 14.8. The van der Waals surface area contributed by atoms with E-state index >= 15 is 0 Å². The third-order valence-electron chi connectivity index (χ3n) is 2.92. The van der Waals surface area contributed by atoms with Gasteiger partial charge in [-0.05, 0) is 24.0 Å². The lowest BCUT2D eigenvalue weighted by atomic mass is 10.1. The first-order valence-corrected chi connectivity index (χ1v) is 6.98. The number of amidine groups is 1. The predicted octanol–water partition coefficient (Wildman–Crippen LogP) is 1.93. The Balaban J connectivity index is 2.22. The maximum absolute atomic E-state index is 8.65. The van der Waals surface area contributed by atoms with Crippen molar-refractivity contribution in [3.63, 3.8) is 0 Å². The van der Waals surface area contributed by atoms with E-state index in [0.29, 0.717) is 12.5 Å². The van der Waals surface area contributed by atoms with Crippen LogP contribution >= 0.6 is 0 Å². The van der Waals surface area contributed by atoms with E-state index in [2.05, 4.69) is 24.3 Å². The van der Waals surface area contributed by atoms with E-state index in [0.717, 1.165) is 37.2 Å². The van der Waals surface area contributed by atoms with Crippen molar-refractivity contribution in [1.29, 1.82) is 0 Å². The van der Waals surface area contributed by atoms with E-state index < -0.39 is 0 Å². The van der Waals surface area contributed by atoms with E-state index in [1.807, 2.05) is 24.3 Å². The van der Waals surface area contributed by atoms with Crippen molar-refractivity contribution in [2.24, 2.45) is 16.8 Å². The molecule has 0 aliphatic heterocycles. The molecule has 0 aliphatic carbocycles. The maximum Gasteiger partial charge on any atom is 0.170 e. The van der Waals surface area contributed by atoms with Crippen LogP contribution in [0.3, 0.4) is 0 Å². The second-order valence-electron chi connectivity index (χ2n) is 5.16. The summed E-state index contributed by atoms with van der Waals surface area (Å²) >= 11 is 0. The number of benzene rings is 1. The standard InChI is InChI=1S/C15H25N3O2/c1-12(2)6-8-20-9-7-17-11-13-4-3-5-14(10-13)15(16)18-19/h3-5,10,12,17,19H,6-9,11H2,1-2H3,(H2,16,18). The molecule has 0 atom stereocenters. The van der Waals surface area contributed by atoms with E-state index in [-0.39, 0.29) is 5.84 Å². The summed E-state index contributed by atoms with van der Waals surface area (Å²) in [6.45, 7) is 7.46. The van der Waals surface area contributed by atoms with E-state index in [1.54, 1.807) is 0 Å². The number of nitrogens with two attached hydrogens (primary N) is 1. The third-order valence-corrected chi connectivity index (χ3v) is 2.92. The van der Waals surface area contributed by atoms with Crippen LogP contribution in [0.15, 0.2) is 29.4 Å². The number of nitrogens with zero attached hydrogens (tertiary/aromatic N) is 1. The Hall–Kier alpha value is -1.59. The minimum Gasteiger partial charge on any atom is -0.409 e. The highest BCUT2D eigenvalue weighted by Crippen LogP contribution is 2.04. The molecule has 20 heavy (non-hydrogen) atoms. The van der Waals surface area contributed by atoms with Crippen LogP contribution in [0.2, 0.25) is 0 Å². The monoisotopic (exact) mass is 279 g/mol. The molecule has 5 nitrogen and oxygen atoms in total. The second kappa shape index (κ2) is 9.34. The third kappa shape index (κ3) is 6.54. The average Bonchev–Trinajstić information content (AvgIpc) is 2.45. The molecule has 1 aromatic rings. The minimum atomic E-state index is 0.129. The van der Waals surface area contributed by atoms with Crippen LogP contribution in [0.1, 0.15) is 31.4 Å². The smallest absolute Gasteiger partial charge is 0.170 e. The zero-order valence-electron chi connectivity index (χ0n) is 12.3. The molecule has 1 rings (SSSR count). The van der Waals surface area contributed by atoms with Crippen LogP contribution < -0.4 is 11.1 Å². The molecule has 0 heterocycles. The first kappa shape index (κ1) is 16.5. The van der Waals surface area contributed by atoms with Crippen molar-refractivity contribution in [2.45, 2.75) is 26.8 Å². The molecule has 0 fully saturated rings. The maximum atomic E-state index is 8.65. The van der Waals surface area contributed by atoms with Crippen molar-refractivity contribution in [3.8, 4) is 0 Å². The van der Waals surface area contributed by atoms with Gasteiger partial charge in [-0.25, -0.2) is 0 Å². The Morgan fingerprint density at radius 1 is 1.40 bits per heavy atom. The van der Waals surface area contributed by atoms with Gasteiger partial charge in [-0.1, -0.05) is 37.2 Å². The summed E-state index contributed by atoms with van der Waals surface area (Å²) in [6.07, 6.45) is 1.10. The first-order chi connectivity index (χ1) is 9.63. The number of ether oxygens (including phenoxy) is 1. The van der Waals surface area contributed by atoms with Crippen molar-refractivity contribution in [3.05, 3.63) is 35.4 Å². The van der Waals surface area contributed by atoms with Gasteiger partial charge in [-0.3, -0.25) is 0 Å². The molecule has 0 spiro atoms. The van der Waals surface area contributed by atoms with Crippen LogP contribution in [0.4, 0.5) is 0 Å². The molecule has 0 aliphatic rings. The molecule has 0 bridgehead atoms. The Bertz CT molecular complexity index is 419. The Morgan fingerprint density at radius 2 is 2.20 bits per heavy atom. The Kier molecular flexibility index (Phi) is 7.69. The highest BCUT2D eigenvalue weighted by atomic mass is 16.5. The van der Waals surface area contributed by atoms with Crippen molar-refractivity contribution >= 4 is 5.84 Å². The highest BCUT2D eigenvalue weighted by Gasteiger charge is 2.00. The van der Waals surface area contributed by atoms with Gasteiger partial charge in [-0.2, -0.15) is 0 Å². The summed E-state index contributed by atoms with van der Waals surface area (Å²) in [4.78, 5) is 0. The van der Waals surface area contributed by atoms with Gasteiger partial charge in [0.05, 0.1) is 6.61 Å². The van der Waals surface area contributed by atoms with E-state index in [4.69, 9.17) is 15.7 Å². The van der Waals surface area contributed by atoms with Crippen molar-refractivity contribution in [2.75, 3.05) is 19.8 Å². The SMILES string of the molecule is CC(C)CCOCCNCc1cccc(C(N)=NO)c1. The minimum absolute atomic E-state index is 0.129. The summed E-state index contributed by atoms with van der Waals surface area (Å²) in [5, 5.41) is 14.9. The van der Waals surface area contributed by atoms with Gasteiger partial charge in [0.25, 0.3) is 0 Å². The fourth-order valence-corrected chi connectivity index (χ4v) is 1.70. The molecule has 0 radical (unpaired) electrons. The van der Waals surface area contributed by atoms with Gasteiger partial charge in [0.2, 0.25) is 0 Å². The Morgan fingerprint density at radius 3 is 2.90 bits per heavy atom. The fraction of sp³-hybridized carbons (Fsp3) is 0.533. The van der Waals surface area contributed by atoms with Crippen LogP contribution in [0, 0.1) is 5.92 Å². The second-order valence-corrected chi connectivity index (χ2v) is 5.16. The molecule has 1 aromatic carbocycles. The summed E-state index contributed by atoms with van der Waals surface area (Å²) in [6, 6.07) is 7.61. The van der Waals surface area contributed by atoms with Crippen molar-refractivity contribution < 1.29 is 9.94 Å².